The Morgan fingerprint density at radius 2 is 1.91 bits per heavy atom. The summed E-state index contributed by atoms with van der Waals surface area (Å²) in [6.07, 6.45) is 6.76. The molecule has 4 aromatic rings. The Balaban J connectivity index is 1.17. The summed E-state index contributed by atoms with van der Waals surface area (Å²) in [5.41, 5.74) is 7.19. The van der Waals surface area contributed by atoms with Crippen LogP contribution in [-0.4, -0.2) is 53.6 Å². The maximum Gasteiger partial charge on any atom is 0.153 e. The summed E-state index contributed by atoms with van der Waals surface area (Å²) >= 11 is 6.59. The van der Waals surface area contributed by atoms with Crippen LogP contribution in [-0.2, 0) is 13.0 Å². The van der Waals surface area contributed by atoms with E-state index in [0.29, 0.717) is 46.1 Å². The van der Waals surface area contributed by atoms with Crippen LogP contribution in [0.1, 0.15) is 63.5 Å². The largest absolute Gasteiger partial charge is 0.493 e. The Morgan fingerprint density at radius 3 is 2.72 bits per heavy atom. The smallest absolute Gasteiger partial charge is 0.153 e. The predicted molar refractivity (Wildman–Crippen MR) is 176 cm³/mol. The van der Waals surface area contributed by atoms with E-state index in [4.69, 9.17) is 31.1 Å². The molecule has 6 rings (SSSR count). The molecule has 1 aromatic heterocycles. The fourth-order valence-electron chi connectivity index (χ4n) is 6.34. The lowest BCUT2D eigenvalue weighted by atomic mass is 9.93. The molecule has 2 heterocycles. The molecule has 1 fully saturated rings. The zero-order valence-corrected chi connectivity index (χ0v) is 26.5. The van der Waals surface area contributed by atoms with Gasteiger partial charge in [-0.25, -0.2) is 0 Å². The normalized spacial score (nSPS) is 17.3. The lowest BCUT2D eigenvalue weighted by Gasteiger charge is -2.19. The Bertz CT molecular complexity index is 1770. The number of fused-ring (bicyclic) bond motifs is 1. The van der Waals surface area contributed by atoms with Crippen LogP contribution in [0.2, 0.25) is 5.02 Å². The van der Waals surface area contributed by atoms with Crippen molar-refractivity contribution in [3.63, 3.8) is 0 Å². The number of carbonyl (C=O) groups is 1. The number of aliphatic hydroxyl groups excluding tert-OH is 1. The minimum absolute atomic E-state index is 0.130. The number of carbonyl (C=O) groups excluding carboxylic acids is 1. The molecule has 1 saturated heterocycles. The Labute approximate surface area is 274 Å². The summed E-state index contributed by atoms with van der Waals surface area (Å²) in [6.45, 7) is 5.48. The van der Waals surface area contributed by atoms with Crippen LogP contribution in [0, 0.1) is 18.3 Å². The first kappa shape index (κ1) is 31.6. The van der Waals surface area contributed by atoms with E-state index in [1.807, 2.05) is 12.1 Å². The summed E-state index contributed by atoms with van der Waals surface area (Å²) in [7, 11) is 0. The molecule has 1 unspecified atom stereocenters. The molecule has 3 aromatic carbocycles. The Hall–Kier alpha value is -4.42. The summed E-state index contributed by atoms with van der Waals surface area (Å²) in [5, 5.41) is 19.3. The number of rotatable bonds is 12. The van der Waals surface area contributed by atoms with Gasteiger partial charge in [0.25, 0.3) is 0 Å². The minimum Gasteiger partial charge on any atom is -0.493 e. The van der Waals surface area contributed by atoms with Crippen LogP contribution < -0.4 is 14.2 Å². The van der Waals surface area contributed by atoms with Gasteiger partial charge in [0.15, 0.2) is 6.29 Å². The van der Waals surface area contributed by atoms with Crippen LogP contribution in [0.15, 0.2) is 67.0 Å². The molecule has 2 atom stereocenters. The zero-order valence-electron chi connectivity index (χ0n) is 25.7. The average molecular weight is 638 g/mol. The SMILES string of the molecule is Cc1c(OCCCN2CC[C@@H](O)C2)cccc1-c1cccc2c1CCC2Oc1cc(OCc2cncc(C#N)c2)c(C=O)cc1Cl. The van der Waals surface area contributed by atoms with E-state index >= 15 is 0 Å². The number of halogens is 1. The number of β-amino-alcohol motifs (C(OH)–C–C–N with tert-alkyl or cyclic N) is 1. The van der Waals surface area contributed by atoms with Gasteiger partial charge in [-0.1, -0.05) is 41.9 Å². The fraction of sp³-hybridized carbons (Fsp3) is 0.324. The topological polar surface area (TPSA) is 105 Å². The molecule has 0 bridgehead atoms. The molecule has 9 heteroatoms. The molecule has 1 N–H and O–H groups in total. The van der Waals surface area contributed by atoms with Crippen molar-refractivity contribution in [2.24, 2.45) is 0 Å². The first-order valence-corrected chi connectivity index (χ1v) is 16.0. The number of aliphatic hydroxyl groups is 1. The molecular formula is C37H36ClN3O5. The third-order valence-electron chi connectivity index (χ3n) is 8.69. The third kappa shape index (κ3) is 7.02. The highest BCUT2D eigenvalue weighted by molar-refractivity contribution is 6.32. The van der Waals surface area contributed by atoms with Crippen molar-refractivity contribution in [2.75, 3.05) is 26.2 Å². The first-order valence-electron chi connectivity index (χ1n) is 15.6. The highest BCUT2D eigenvalue weighted by Crippen LogP contribution is 2.44. The lowest BCUT2D eigenvalue weighted by molar-refractivity contribution is 0.111. The number of aromatic nitrogens is 1. The maximum absolute atomic E-state index is 11.8. The van der Waals surface area contributed by atoms with Gasteiger partial charge in [0.05, 0.1) is 28.9 Å². The van der Waals surface area contributed by atoms with Gasteiger partial charge in [0.1, 0.15) is 36.0 Å². The maximum atomic E-state index is 11.8. The van der Waals surface area contributed by atoms with Gasteiger partial charge in [-0.15, -0.1) is 0 Å². The highest BCUT2D eigenvalue weighted by Gasteiger charge is 2.28. The summed E-state index contributed by atoms with van der Waals surface area (Å²) in [6, 6.07) is 19.5. The van der Waals surface area contributed by atoms with Gasteiger partial charge in [-0.2, -0.15) is 5.26 Å². The molecule has 2 aliphatic rings. The Kier molecular flexibility index (Phi) is 9.84. The van der Waals surface area contributed by atoms with Gasteiger partial charge in [-0.3, -0.25) is 9.78 Å². The van der Waals surface area contributed by atoms with Gasteiger partial charge >= 0.3 is 0 Å². The number of likely N-dealkylation sites (tertiary alicyclic amines) is 1. The quantitative estimate of drug-likeness (QED) is 0.132. The van der Waals surface area contributed by atoms with Crippen molar-refractivity contribution in [3.05, 3.63) is 105 Å². The van der Waals surface area contributed by atoms with E-state index < -0.39 is 0 Å². The molecule has 0 saturated carbocycles. The van der Waals surface area contributed by atoms with Gasteiger partial charge < -0.3 is 24.2 Å². The van der Waals surface area contributed by atoms with E-state index in [2.05, 4.69) is 47.1 Å². The number of nitrogens with zero attached hydrogens (tertiary/aromatic N) is 3. The predicted octanol–water partition coefficient (Wildman–Crippen LogP) is 6.88. The molecule has 236 valence electrons. The molecule has 46 heavy (non-hydrogen) atoms. The second kappa shape index (κ2) is 14.3. The van der Waals surface area contributed by atoms with Crippen LogP contribution in [0.25, 0.3) is 11.1 Å². The second-order valence-corrected chi connectivity index (χ2v) is 12.2. The molecule has 0 radical (unpaired) electrons. The van der Waals surface area contributed by atoms with Gasteiger partial charge in [0.2, 0.25) is 0 Å². The number of hydrogen-bond donors (Lipinski definition) is 1. The van der Waals surface area contributed by atoms with E-state index in [9.17, 15) is 9.90 Å². The van der Waals surface area contributed by atoms with Crippen LogP contribution in [0.5, 0.6) is 17.2 Å². The minimum atomic E-state index is -0.220. The van der Waals surface area contributed by atoms with Crippen molar-refractivity contribution < 1.29 is 24.1 Å². The van der Waals surface area contributed by atoms with E-state index in [1.165, 1.54) is 11.8 Å². The van der Waals surface area contributed by atoms with Crippen LogP contribution in [0.3, 0.4) is 0 Å². The first-order chi connectivity index (χ1) is 22.4. The lowest BCUT2D eigenvalue weighted by Crippen LogP contribution is -2.24. The van der Waals surface area contributed by atoms with Crippen LogP contribution in [0.4, 0.5) is 0 Å². The van der Waals surface area contributed by atoms with Crippen molar-refractivity contribution in [1.29, 1.82) is 5.26 Å². The second-order valence-electron chi connectivity index (χ2n) is 11.8. The van der Waals surface area contributed by atoms with E-state index in [0.717, 1.165) is 73.3 Å². The van der Waals surface area contributed by atoms with Crippen molar-refractivity contribution in [1.82, 2.24) is 9.88 Å². The summed E-state index contributed by atoms with van der Waals surface area (Å²) in [5.74, 6) is 1.66. The third-order valence-corrected chi connectivity index (χ3v) is 8.99. The number of hydrogen-bond acceptors (Lipinski definition) is 8. The van der Waals surface area contributed by atoms with Gasteiger partial charge in [0, 0.05) is 43.7 Å². The van der Waals surface area contributed by atoms with Crippen molar-refractivity contribution in [3.8, 4) is 34.4 Å². The zero-order chi connectivity index (χ0) is 32.0. The monoisotopic (exact) mass is 637 g/mol. The summed E-state index contributed by atoms with van der Waals surface area (Å²) < 4.78 is 18.7. The molecule has 1 aliphatic heterocycles. The molecule has 1 aliphatic carbocycles. The number of pyridine rings is 1. The number of aldehydes is 1. The number of ether oxygens (including phenoxy) is 3. The fourth-order valence-corrected chi connectivity index (χ4v) is 6.56. The van der Waals surface area contributed by atoms with Crippen molar-refractivity contribution >= 4 is 17.9 Å². The molecule has 0 spiro atoms. The number of benzene rings is 3. The summed E-state index contributed by atoms with van der Waals surface area (Å²) in [4.78, 5) is 18.2. The number of nitriles is 1. The Morgan fingerprint density at radius 1 is 1.07 bits per heavy atom. The molecule has 0 amide bonds. The standard InChI is InChI=1S/C37H36ClN3O5/c1-24-29(5-3-8-34(24)44-14-4-12-41-13-11-28(43)21-41)30-6-2-7-32-31(30)9-10-35(32)46-37-17-36(27(22-42)16-33(37)38)45-23-26-15-25(18-39)19-40-20-26/h2-3,5-8,15-17,19-20,22,28,35,43H,4,9-14,21,23H2,1H3/t28-,35?/m1/s1. The molecule has 8 nitrogen and oxygen atoms in total. The van der Waals surface area contributed by atoms with E-state index in [1.54, 1.807) is 24.4 Å². The van der Waals surface area contributed by atoms with E-state index in [-0.39, 0.29) is 18.8 Å². The average Bonchev–Trinajstić information content (AvgIpc) is 3.69. The highest BCUT2D eigenvalue weighted by atomic mass is 35.5. The molecular weight excluding hydrogens is 602 g/mol. The van der Waals surface area contributed by atoms with Crippen LogP contribution >= 0.6 is 11.6 Å². The van der Waals surface area contributed by atoms with Gasteiger partial charge in [-0.05, 0) is 78.6 Å². The van der Waals surface area contributed by atoms with Crippen molar-refractivity contribution in [2.45, 2.75) is 51.4 Å².